The highest BCUT2D eigenvalue weighted by molar-refractivity contribution is 6.04. The molecule has 0 bridgehead atoms. The van der Waals surface area contributed by atoms with Crippen LogP contribution in [0.5, 0.6) is 0 Å². The first-order chi connectivity index (χ1) is 11.9. The summed E-state index contributed by atoms with van der Waals surface area (Å²) in [7, 11) is 0. The first kappa shape index (κ1) is 16.7. The fourth-order valence-corrected chi connectivity index (χ4v) is 2.12. The van der Waals surface area contributed by atoms with E-state index >= 15 is 0 Å². The lowest BCUT2D eigenvalue weighted by atomic mass is 10.1. The Kier molecular flexibility index (Phi) is 4.51. The predicted octanol–water partition coefficient (Wildman–Crippen LogP) is 3.93. The van der Waals surface area contributed by atoms with Gasteiger partial charge in [0.05, 0.1) is 0 Å². The Hall–Kier alpha value is -3.16. The molecule has 5 nitrogen and oxygen atoms in total. The van der Waals surface area contributed by atoms with Crippen LogP contribution in [0.3, 0.4) is 0 Å². The topological polar surface area (TPSA) is 68.0 Å². The van der Waals surface area contributed by atoms with Crippen molar-refractivity contribution < 1.29 is 22.5 Å². The van der Waals surface area contributed by atoms with E-state index in [1.165, 1.54) is 0 Å². The molecule has 0 saturated carbocycles. The van der Waals surface area contributed by atoms with Crippen molar-refractivity contribution in [2.24, 2.45) is 0 Å². The Bertz CT molecular complexity index is 859. The molecule has 25 heavy (non-hydrogen) atoms. The van der Waals surface area contributed by atoms with Crippen LogP contribution in [-0.4, -0.2) is 16.0 Å². The van der Waals surface area contributed by atoms with E-state index in [1.807, 2.05) is 6.07 Å². The van der Waals surface area contributed by atoms with E-state index < -0.39 is 12.1 Å². The molecular weight excluding hydrogens is 335 g/mol. The zero-order chi connectivity index (χ0) is 17.9. The standard InChI is InChI=1S/C17H12F3N3O2/c18-17(19,20)16-22-14(23-25-16)10-11-6-8-12(9-7-11)15(24)21-13-4-2-1-3-5-13/h1-9H,10H2,(H,21,24). The summed E-state index contributed by atoms with van der Waals surface area (Å²) in [4.78, 5) is 15.4. The van der Waals surface area contributed by atoms with Gasteiger partial charge in [-0.1, -0.05) is 35.5 Å². The van der Waals surface area contributed by atoms with Crippen LogP contribution in [0.15, 0.2) is 59.1 Å². The lowest BCUT2D eigenvalue weighted by molar-refractivity contribution is -0.159. The van der Waals surface area contributed by atoms with Gasteiger partial charge >= 0.3 is 12.1 Å². The number of rotatable bonds is 4. The van der Waals surface area contributed by atoms with Crippen molar-refractivity contribution in [1.29, 1.82) is 0 Å². The minimum atomic E-state index is -4.66. The Balaban J connectivity index is 1.66. The van der Waals surface area contributed by atoms with E-state index in [0.29, 0.717) is 16.8 Å². The van der Waals surface area contributed by atoms with Crippen LogP contribution in [0.2, 0.25) is 0 Å². The summed E-state index contributed by atoms with van der Waals surface area (Å²) in [6, 6.07) is 15.4. The summed E-state index contributed by atoms with van der Waals surface area (Å²) in [5.41, 5.74) is 1.76. The Morgan fingerprint density at radius 2 is 1.72 bits per heavy atom. The second kappa shape index (κ2) is 6.76. The van der Waals surface area contributed by atoms with Crippen molar-refractivity contribution in [3.8, 4) is 0 Å². The number of aromatic nitrogens is 2. The maximum absolute atomic E-state index is 12.4. The summed E-state index contributed by atoms with van der Waals surface area (Å²) in [6.45, 7) is 0. The third kappa shape index (κ3) is 4.23. The Morgan fingerprint density at radius 1 is 1.04 bits per heavy atom. The summed E-state index contributed by atoms with van der Waals surface area (Å²) in [5, 5.41) is 6.05. The Labute approximate surface area is 140 Å². The molecule has 0 aliphatic carbocycles. The molecule has 128 valence electrons. The number of hydrogen-bond acceptors (Lipinski definition) is 4. The van der Waals surface area contributed by atoms with Crippen LogP contribution in [0.1, 0.15) is 27.6 Å². The molecular formula is C17H12F3N3O2. The maximum Gasteiger partial charge on any atom is 0.471 e. The van der Waals surface area contributed by atoms with Crippen molar-refractivity contribution in [1.82, 2.24) is 10.1 Å². The van der Waals surface area contributed by atoms with E-state index in [2.05, 4.69) is 20.0 Å². The average Bonchev–Trinajstić information content (AvgIpc) is 3.05. The number of amides is 1. The molecule has 3 rings (SSSR count). The van der Waals surface area contributed by atoms with Crippen molar-refractivity contribution in [2.75, 3.05) is 5.32 Å². The van der Waals surface area contributed by atoms with Crippen LogP contribution in [0, 0.1) is 0 Å². The Morgan fingerprint density at radius 3 is 2.32 bits per heavy atom. The van der Waals surface area contributed by atoms with Crippen molar-refractivity contribution in [3.63, 3.8) is 0 Å². The number of carbonyl (C=O) groups is 1. The van der Waals surface area contributed by atoms with E-state index in [4.69, 9.17) is 0 Å². The number of alkyl halides is 3. The summed E-state index contributed by atoms with van der Waals surface area (Å²) >= 11 is 0. The number of nitrogens with zero attached hydrogens (tertiary/aromatic N) is 2. The van der Waals surface area contributed by atoms with E-state index in [-0.39, 0.29) is 18.2 Å². The fourth-order valence-electron chi connectivity index (χ4n) is 2.12. The smallest absolute Gasteiger partial charge is 0.329 e. The van der Waals surface area contributed by atoms with Crippen molar-refractivity contribution in [2.45, 2.75) is 12.6 Å². The fraction of sp³-hybridized carbons (Fsp3) is 0.118. The molecule has 1 aromatic heterocycles. The largest absolute Gasteiger partial charge is 0.471 e. The number of carbonyl (C=O) groups excluding carboxylic acids is 1. The quantitative estimate of drug-likeness (QED) is 0.776. The normalized spacial score (nSPS) is 11.3. The van der Waals surface area contributed by atoms with Crippen molar-refractivity contribution in [3.05, 3.63) is 77.4 Å². The number of halogens is 3. The highest BCUT2D eigenvalue weighted by Crippen LogP contribution is 2.27. The van der Waals surface area contributed by atoms with Gasteiger partial charge in [-0.05, 0) is 29.8 Å². The number of nitrogens with one attached hydrogen (secondary N) is 1. The monoisotopic (exact) mass is 347 g/mol. The molecule has 0 spiro atoms. The predicted molar refractivity (Wildman–Crippen MR) is 82.9 cm³/mol. The molecule has 0 saturated heterocycles. The zero-order valence-corrected chi connectivity index (χ0v) is 12.7. The minimum Gasteiger partial charge on any atom is -0.329 e. The molecule has 0 fully saturated rings. The molecule has 0 aliphatic rings. The number of hydrogen-bond donors (Lipinski definition) is 1. The first-order valence-corrected chi connectivity index (χ1v) is 7.27. The molecule has 1 N–H and O–H groups in total. The van der Waals surface area contributed by atoms with Crippen molar-refractivity contribution >= 4 is 11.6 Å². The highest BCUT2D eigenvalue weighted by atomic mass is 19.4. The van der Waals surface area contributed by atoms with E-state index in [0.717, 1.165) is 0 Å². The zero-order valence-electron chi connectivity index (χ0n) is 12.7. The van der Waals surface area contributed by atoms with E-state index in [9.17, 15) is 18.0 Å². The number of para-hydroxylation sites is 1. The molecule has 0 radical (unpaired) electrons. The first-order valence-electron chi connectivity index (χ1n) is 7.27. The molecule has 1 amide bonds. The van der Waals surface area contributed by atoms with Gasteiger partial charge in [0.25, 0.3) is 5.91 Å². The van der Waals surface area contributed by atoms with Gasteiger partial charge in [-0.25, -0.2) is 0 Å². The molecule has 1 heterocycles. The summed E-state index contributed by atoms with van der Waals surface area (Å²) < 4.78 is 41.4. The average molecular weight is 347 g/mol. The lowest BCUT2D eigenvalue weighted by Crippen LogP contribution is -2.11. The summed E-state index contributed by atoms with van der Waals surface area (Å²) in [6.07, 6.45) is -4.59. The van der Waals surface area contributed by atoms with E-state index in [1.54, 1.807) is 48.5 Å². The number of anilines is 1. The molecule has 0 atom stereocenters. The van der Waals surface area contributed by atoms with Crippen LogP contribution in [-0.2, 0) is 12.6 Å². The second-order valence-electron chi connectivity index (χ2n) is 5.21. The third-order valence-corrected chi connectivity index (χ3v) is 3.32. The summed E-state index contributed by atoms with van der Waals surface area (Å²) in [5.74, 6) is -1.73. The van der Waals surface area contributed by atoms with Gasteiger partial charge in [-0.2, -0.15) is 18.2 Å². The molecule has 8 heteroatoms. The van der Waals surface area contributed by atoms with Gasteiger partial charge in [0.1, 0.15) is 0 Å². The number of benzene rings is 2. The third-order valence-electron chi connectivity index (χ3n) is 3.32. The van der Waals surface area contributed by atoms with Crippen LogP contribution < -0.4 is 5.32 Å². The molecule has 0 unspecified atom stereocenters. The van der Waals surface area contributed by atoms with Crippen LogP contribution in [0.25, 0.3) is 0 Å². The van der Waals surface area contributed by atoms with Crippen LogP contribution >= 0.6 is 0 Å². The molecule has 0 aliphatic heterocycles. The van der Waals surface area contributed by atoms with Gasteiger partial charge in [-0.15, -0.1) is 0 Å². The van der Waals surface area contributed by atoms with Gasteiger partial charge < -0.3 is 9.84 Å². The second-order valence-corrected chi connectivity index (χ2v) is 5.21. The van der Waals surface area contributed by atoms with Crippen LogP contribution in [0.4, 0.5) is 18.9 Å². The highest BCUT2D eigenvalue weighted by Gasteiger charge is 2.38. The van der Waals surface area contributed by atoms with Gasteiger partial charge in [0.15, 0.2) is 5.82 Å². The van der Waals surface area contributed by atoms with Gasteiger partial charge in [0.2, 0.25) is 0 Å². The maximum atomic E-state index is 12.4. The SMILES string of the molecule is O=C(Nc1ccccc1)c1ccc(Cc2noc(C(F)(F)F)n2)cc1. The molecule has 3 aromatic rings. The minimum absolute atomic E-state index is 0.0696. The lowest BCUT2D eigenvalue weighted by Gasteiger charge is -2.05. The molecule has 2 aromatic carbocycles. The van der Waals surface area contributed by atoms with Gasteiger partial charge in [-0.3, -0.25) is 4.79 Å². The van der Waals surface area contributed by atoms with Gasteiger partial charge in [0, 0.05) is 17.7 Å².